The molecule has 88 valence electrons. The van der Waals surface area contributed by atoms with Crippen molar-refractivity contribution in [2.45, 2.75) is 25.8 Å². The van der Waals surface area contributed by atoms with Crippen LogP contribution in [0.25, 0.3) is 0 Å². The van der Waals surface area contributed by atoms with E-state index in [9.17, 15) is 0 Å². The molecule has 16 heavy (non-hydrogen) atoms. The molecule has 0 bridgehead atoms. The molecule has 1 aromatic heterocycles. The van der Waals surface area contributed by atoms with Crippen molar-refractivity contribution in [3.05, 3.63) is 23.4 Å². The highest BCUT2D eigenvalue weighted by Crippen LogP contribution is 2.17. The van der Waals surface area contributed by atoms with Crippen molar-refractivity contribution in [2.75, 3.05) is 25.0 Å². The largest absolute Gasteiger partial charge is 0.369 e. The van der Waals surface area contributed by atoms with Crippen LogP contribution in [0.5, 0.6) is 0 Å². The van der Waals surface area contributed by atoms with E-state index in [1.165, 1.54) is 19.4 Å². The maximum atomic E-state index is 5.79. The Balaban J connectivity index is 1.85. The first-order chi connectivity index (χ1) is 7.79. The molecule has 0 radical (unpaired) electrons. The molecule has 3 nitrogen and oxygen atoms in total. The van der Waals surface area contributed by atoms with E-state index in [2.05, 4.69) is 22.1 Å². The van der Waals surface area contributed by atoms with Gasteiger partial charge in [0.25, 0.3) is 0 Å². The normalized spacial score (nSPS) is 21.2. The summed E-state index contributed by atoms with van der Waals surface area (Å²) in [6, 6.07) is 4.44. The Hall–Kier alpha value is -0.800. The summed E-state index contributed by atoms with van der Waals surface area (Å²) >= 11 is 5.79. The number of rotatable bonds is 4. The molecule has 0 saturated carbocycles. The Morgan fingerprint density at radius 1 is 1.56 bits per heavy atom. The van der Waals surface area contributed by atoms with E-state index in [0.29, 0.717) is 11.1 Å². The summed E-state index contributed by atoms with van der Waals surface area (Å²) in [6.45, 7) is 5.57. The van der Waals surface area contributed by atoms with Crippen molar-refractivity contribution in [1.29, 1.82) is 0 Å². The van der Waals surface area contributed by atoms with Crippen LogP contribution in [-0.2, 0) is 0 Å². The van der Waals surface area contributed by atoms with Gasteiger partial charge in [0.1, 0.15) is 5.82 Å². The minimum Gasteiger partial charge on any atom is -0.369 e. The fourth-order valence-electron chi connectivity index (χ4n) is 2.25. The van der Waals surface area contributed by atoms with Crippen LogP contribution in [0, 0.1) is 0 Å². The van der Waals surface area contributed by atoms with Gasteiger partial charge in [-0.25, -0.2) is 4.98 Å². The highest BCUT2D eigenvalue weighted by molar-refractivity contribution is 6.30. The summed E-state index contributed by atoms with van der Waals surface area (Å²) in [7, 11) is 0. The van der Waals surface area contributed by atoms with Crippen LogP contribution in [0.2, 0.25) is 5.02 Å². The lowest BCUT2D eigenvalue weighted by Crippen LogP contribution is -2.34. The Kier molecular flexibility index (Phi) is 4.02. The van der Waals surface area contributed by atoms with E-state index < -0.39 is 0 Å². The molecule has 1 atom stereocenters. The minimum absolute atomic E-state index is 0.655. The van der Waals surface area contributed by atoms with E-state index >= 15 is 0 Å². The van der Waals surface area contributed by atoms with Crippen LogP contribution in [-0.4, -0.2) is 35.6 Å². The van der Waals surface area contributed by atoms with Crippen LogP contribution in [0.15, 0.2) is 18.3 Å². The molecule has 2 rings (SSSR count). The molecule has 1 aliphatic rings. The molecule has 0 aromatic carbocycles. The highest BCUT2D eigenvalue weighted by Gasteiger charge is 2.22. The van der Waals surface area contributed by atoms with Crippen molar-refractivity contribution in [2.24, 2.45) is 0 Å². The lowest BCUT2D eigenvalue weighted by molar-refractivity contribution is 0.277. The van der Waals surface area contributed by atoms with Gasteiger partial charge in [0.2, 0.25) is 0 Å². The van der Waals surface area contributed by atoms with Gasteiger partial charge >= 0.3 is 0 Å². The van der Waals surface area contributed by atoms with E-state index in [4.69, 9.17) is 11.6 Å². The smallest absolute Gasteiger partial charge is 0.126 e. The zero-order valence-electron chi connectivity index (χ0n) is 9.62. The Morgan fingerprint density at radius 2 is 2.44 bits per heavy atom. The molecule has 1 aromatic rings. The first-order valence-corrected chi connectivity index (χ1v) is 6.27. The molecule has 1 unspecified atom stereocenters. The van der Waals surface area contributed by atoms with Crippen LogP contribution in [0.1, 0.15) is 19.8 Å². The lowest BCUT2D eigenvalue weighted by Gasteiger charge is -2.23. The highest BCUT2D eigenvalue weighted by atomic mass is 35.5. The molecule has 0 amide bonds. The number of likely N-dealkylation sites (N-methyl/N-ethyl adjacent to an activating group) is 1. The van der Waals surface area contributed by atoms with E-state index in [1.54, 1.807) is 6.20 Å². The van der Waals surface area contributed by atoms with Crippen LogP contribution in [0.4, 0.5) is 5.82 Å². The van der Waals surface area contributed by atoms with Gasteiger partial charge in [-0.2, -0.15) is 0 Å². The number of aromatic nitrogens is 1. The SMILES string of the molecule is CCN1CCCC1CNc1ccc(Cl)cn1. The van der Waals surface area contributed by atoms with Crippen LogP contribution < -0.4 is 5.32 Å². The molecule has 2 heterocycles. The minimum atomic E-state index is 0.655. The number of pyridine rings is 1. The molecular weight excluding hydrogens is 222 g/mol. The fourth-order valence-corrected chi connectivity index (χ4v) is 2.36. The van der Waals surface area contributed by atoms with Crippen molar-refractivity contribution >= 4 is 17.4 Å². The molecule has 1 N–H and O–H groups in total. The summed E-state index contributed by atoms with van der Waals surface area (Å²) in [4.78, 5) is 6.75. The predicted molar refractivity (Wildman–Crippen MR) is 68.0 cm³/mol. The Bertz CT molecular complexity index is 326. The zero-order chi connectivity index (χ0) is 11.4. The number of hydrogen-bond donors (Lipinski definition) is 1. The van der Waals surface area contributed by atoms with Crippen LogP contribution in [0.3, 0.4) is 0 Å². The topological polar surface area (TPSA) is 28.2 Å². The molecule has 0 aliphatic carbocycles. The van der Waals surface area contributed by atoms with Gasteiger partial charge in [-0.3, -0.25) is 4.90 Å². The first kappa shape index (κ1) is 11.7. The van der Waals surface area contributed by atoms with Crippen molar-refractivity contribution < 1.29 is 0 Å². The van der Waals surface area contributed by atoms with Crippen molar-refractivity contribution in [3.63, 3.8) is 0 Å². The summed E-state index contributed by atoms with van der Waals surface area (Å²) in [5.74, 6) is 0.910. The second kappa shape index (κ2) is 5.51. The molecule has 4 heteroatoms. The first-order valence-electron chi connectivity index (χ1n) is 5.89. The Labute approximate surface area is 102 Å². The molecule has 1 fully saturated rings. The second-order valence-electron chi connectivity index (χ2n) is 4.17. The van der Waals surface area contributed by atoms with E-state index in [-0.39, 0.29) is 0 Å². The molecule has 1 aliphatic heterocycles. The number of hydrogen-bond acceptors (Lipinski definition) is 3. The molecule has 1 saturated heterocycles. The number of nitrogens with zero attached hydrogens (tertiary/aromatic N) is 2. The quantitative estimate of drug-likeness (QED) is 0.876. The maximum Gasteiger partial charge on any atom is 0.126 e. The number of nitrogens with one attached hydrogen (secondary N) is 1. The number of anilines is 1. The summed E-state index contributed by atoms with van der Waals surface area (Å²) < 4.78 is 0. The zero-order valence-corrected chi connectivity index (χ0v) is 10.4. The van der Waals surface area contributed by atoms with Crippen LogP contribution >= 0.6 is 11.6 Å². The Morgan fingerprint density at radius 3 is 3.12 bits per heavy atom. The second-order valence-corrected chi connectivity index (χ2v) is 4.60. The van der Waals surface area contributed by atoms with Gasteiger partial charge in [-0.1, -0.05) is 18.5 Å². The monoisotopic (exact) mass is 239 g/mol. The number of halogens is 1. The van der Waals surface area contributed by atoms with Gasteiger partial charge in [0, 0.05) is 18.8 Å². The van der Waals surface area contributed by atoms with E-state index in [1.807, 2.05) is 12.1 Å². The van der Waals surface area contributed by atoms with Gasteiger partial charge in [0.05, 0.1) is 5.02 Å². The maximum absolute atomic E-state index is 5.79. The summed E-state index contributed by atoms with van der Waals surface area (Å²) in [5, 5.41) is 4.05. The van der Waals surface area contributed by atoms with Crippen molar-refractivity contribution in [1.82, 2.24) is 9.88 Å². The molecule has 0 spiro atoms. The number of likely N-dealkylation sites (tertiary alicyclic amines) is 1. The third-order valence-electron chi connectivity index (χ3n) is 3.15. The van der Waals surface area contributed by atoms with Gasteiger partial charge in [-0.05, 0) is 38.1 Å². The fraction of sp³-hybridized carbons (Fsp3) is 0.583. The standard InChI is InChI=1S/C12H18ClN3/c1-2-16-7-3-4-11(16)9-15-12-6-5-10(13)8-14-12/h5-6,8,11H,2-4,7,9H2,1H3,(H,14,15). The lowest BCUT2D eigenvalue weighted by atomic mass is 10.2. The summed E-state index contributed by atoms with van der Waals surface area (Å²) in [5.41, 5.74) is 0. The van der Waals surface area contributed by atoms with Gasteiger partial charge in [0.15, 0.2) is 0 Å². The van der Waals surface area contributed by atoms with Gasteiger partial charge < -0.3 is 5.32 Å². The average Bonchev–Trinajstić information content (AvgIpc) is 2.76. The summed E-state index contributed by atoms with van der Waals surface area (Å²) in [6.07, 6.45) is 4.28. The van der Waals surface area contributed by atoms with E-state index in [0.717, 1.165) is 18.9 Å². The average molecular weight is 240 g/mol. The molecular formula is C12H18ClN3. The predicted octanol–water partition coefficient (Wildman–Crippen LogP) is 2.63. The third kappa shape index (κ3) is 2.86. The van der Waals surface area contributed by atoms with Crippen molar-refractivity contribution in [3.8, 4) is 0 Å². The van der Waals surface area contributed by atoms with Gasteiger partial charge in [-0.15, -0.1) is 0 Å². The third-order valence-corrected chi connectivity index (χ3v) is 3.38.